The van der Waals surface area contributed by atoms with E-state index in [4.69, 9.17) is 0 Å². The van der Waals surface area contributed by atoms with E-state index in [-0.39, 0.29) is 17.9 Å². The lowest BCUT2D eigenvalue weighted by Crippen LogP contribution is -2.44. The molecule has 4 heteroatoms. The van der Waals surface area contributed by atoms with Crippen molar-refractivity contribution in [1.82, 2.24) is 4.90 Å². The molecular weight excluding hydrogens is 290 g/mol. The van der Waals surface area contributed by atoms with Crippen molar-refractivity contribution in [2.75, 3.05) is 0 Å². The zero-order chi connectivity index (χ0) is 16.2. The van der Waals surface area contributed by atoms with Gasteiger partial charge in [0.1, 0.15) is 6.04 Å². The quantitative estimate of drug-likeness (QED) is 0.868. The largest absolute Gasteiger partial charge is 0.480 e. The Balaban J connectivity index is 1.86. The summed E-state index contributed by atoms with van der Waals surface area (Å²) in [6, 6.07) is 9.01. The van der Waals surface area contributed by atoms with Crippen molar-refractivity contribution >= 4 is 11.9 Å². The highest BCUT2D eigenvalue weighted by Gasteiger charge is 2.43. The standard InChI is InChI=1S/C19H23NO3/c21-18(15-10-4-1-2-5-11-15)20-16(12-13-17(20)19(22)23)14-8-6-3-7-9-14/h1-3,6-9,15-17H,4-5,10-13H2,(H,22,23)/t16-,17?/m0/s1. The normalized spacial score (nSPS) is 25.3. The third-order valence-electron chi connectivity index (χ3n) is 4.99. The molecule has 1 aromatic carbocycles. The Morgan fingerprint density at radius 2 is 1.61 bits per heavy atom. The molecule has 0 saturated carbocycles. The summed E-state index contributed by atoms with van der Waals surface area (Å²) >= 11 is 0. The molecule has 1 unspecified atom stereocenters. The Morgan fingerprint density at radius 1 is 0.957 bits per heavy atom. The van der Waals surface area contributed by atoms with Crippen molar-refractivity contribution in [2.24, 2.45) is 5.92 Å². The van der Waals surface area contributed by atoms with Gasteiger partial charge in [-0.1, -0.05) is 42.5 Å². The van der Waals surface area contributed by atoms with Crippen LogP contribution in [0.25, 0.3) is 0 Å². The molecule has 0 radical (unpaired) electrons. The van der Waals surface area contributed by atoms with Gasteiger partial charge in [-0.2, -0.15) is 0 Å². The second-order valence-corrected chi connectivity index (χ2v) is 6.43. The Morgan fingerprint density at radius 3 is 2.22 bits per heavy atom. The van der Waals surface area contributed by atoms with Crippen LogP contribution in [0.3, 0.4) is 0 Å². The summed E-state index contributed by atoms with van der Waals surface area (Å²) < 4.78 is 0. The number of aliphatic carboxylic acids is 1. The third kappa shape index (κ3) is 3.31. The topological polar surface area (TPSA) is 57.6 Å². The maximum Gasteiger partial charge on any atom is 0.326 e. The molecule has 1 aliphatic heterocycles. The lowest BCUT2D eigenvalue weighted by Gasteiger charge is -2.32. The number of nitrogens with zero attached hydrogens (tertiary/aromatic N) is 1. The maximum atomic E-state index is 13.1. The zero-order valence-corrected chi connectivity index (χ0v) is 13.2. The number of allylic oxidation sites excluding steroid dienone is 2. The maximum absolute atomic E-state index is 13.1. The first kappa shape index (κ1) is 15.8. The number of benzene rings is 1. The number of hydrogen-bond donors (Lipinski definition) is 1. The van der Waals surface area contributed by atoms with Crippen molar-refractivity contribution in [3.63, 3.8) is 0 Å². The highest BCUT2D eigenvalue weighted by atomic mass is 16.4. The molecule has 2 aliphatic rings. The van der Waals surface area contributed by atoms with Gasteiger partial charge in [-0.15, -0.1) is 0 Å². The van der Waals surface area contributed by atoms with Crippen molar-refractivity contribution < 1.29 is 14.7 Å². The molecule has 122 valence electrons. The Kier molecular flexibility index (Phi) is 4.79. The molecule has 4 nitrogen and oxygen atoms in total. The molecule has 1 aliphatic carbocycles. The monoisotopic (exact) mass is 313 g/mol. The zero-order valence-electron chi connectivity index (χ0n) is 13.2. The van der Waals surface area contributed by atoms with E-state index in [1.807, 2.05) is 30.3 Å². The average molecular weight is 313 g/mol. The Hall–Kier alpha value is -2.10. The van der Waals surface area contributed by atoms with Crippen molar-refractivity contribution in [2.45, 2.75) is 50.6 Å². The van der Waals surface area contributed by atoms with E-state index in [0.717, 1.165) is 37.7 Å². The smallest absolute Gasteiger partial charge is 0.326 e. The molecule has 3 rings (SSSR count). The van der Waals surface area contributed by atoms with E-state index in [1.54, 1.807) is 4.90 Å². The third-order valence-corrected chi connectivity index (χ3v) is 4.99. The molecule has 1 heterocycles. The molecular formula is C19H23NO3. The molecule has 1 N–H and O–H groups in total. The molecule has 1 aromatic rings. The van der Waals surface area contributed by atoms with Crippen molar-refractivity contribution in [1.29, 1.82) is 0 Å². The fourth-order valence-electron chi connectivity index (χ4n) is 3.80. The van der Waals surface area contributed by atoms with Crippen LogP contribution in [0.4, 0.5) is 0 Å². The van der Waals surface area contributed by atoms with Crippen LogP contribution in [-0.2, 0) is 9.59 Å². The van der Waals surface area contributed by atoms with Crippen LogP contribution in [0.1, 0.15) is 50.1 Å². The molecule has 2 atom stereocenters. The van der Waals surface area contributed by atoms with Crippen LogP contribution in [0.5, 0.6) is 0 Å². The number of carboxylic acid groups (broad SMARTS) is 1. The van der Waals surface area contributed by atoms with Crippen LogP contribution < -0.4 is 0 Å². The predicted molar refractivity (Wildman–Crippen MR) is 87.8 cm³/mol. The summed E-state index contributed by atoms with van der Waals surface area (Å²) in [5.74, 6) is -0.924. The number of carbonyl (C=O) groups excluding carboxylic acids is 1. The fourth-order valence-corrected chi connectivity index (χ4v) is 3.80. The summed E-state index contributed by atoms with van der Waals surface area (Å²) in [5.41, 5.74) is 1.04. The molecule has 0 spiro atoms. The van der Waals surface area contributed by atoms with Gasteiger partial charge in [0.2, 0.25) is 5.91 Å². The van der Waals surface area contributed by atoms with Gasteiger partial charge >= 0.3 is 5.97 Å². The number of carbonyl (C=O) groups is 2. The number of hydrogen-bond acceptors (Lipinski definition) is 2. The van der Waals surface area contributed by atoms with Crippen LogP contribution in [-0.4, -0.2) is 27.9 Å². The second kappa shape index (κ2) is 6.99. The minimum absolute atomic E-state index is 0.0208. The van der Waals surface area contributed by atoms with Gasteiger partial charge in [0.15, 0.2) is 0 Å². The van der Waals surface area contributed by atoms with Crippen LogP contribution in [0.2, 0.25) is 0 Å². The van der Waals surface area contributed by atoms with Crippen molar-refractivity contribution in [3.8, 4) is 0 Å². The van der Waals surface area contributed by atoms with Crippen LogP contribution in [0, 0.1) is 5.92 Å². The summed E-state index contributed by atoms with van der Waals surface area (Å²) in [7, 11) is 0. The highest BCUT2D eigenvalue weighted by Crippen LogP contribution is 2.38. The number of likely N-dealkylation sites (tertiary alicyclic amines) is 1. The molecule has 23 heavy (non-hydrogen) atoms. The minimum atomic E-state index is -0.886. The van der Waals surface area contributed by atoms with Gasteiger partial charge in [-0.3, -0.25) is 4.79 Å². The Bertz CT molecular complexity index is 586. The molecule has 1 fully saturated rings. The van der Waals surface area contributed by atoms with Gasteiger partial charge in [-0.25, -0.2) is 4.79 Å². The summed E-state index contributed by atoms with van der Waals surface area (Å²) in [4.78, 5) is 26.4. The summed E-state index contributed by atoms with van der Waals surface area (Å²) in [6.45, 7) is 0. The van der Waals surface area contributed by atoms with E-state index in [9.17, 15) is 14.7 Å². The minimum Gasteiger partial charge on any atom is -0.480 e. The molecule has 0 aromatic heterocycles. The molecule has 0 bridgehead atoms. The molecule has 1 amide bonds. The van der Waals surface area contributed by atoms with Gasteiger partial charge in [0.05, 0.1) is 6.04 Å². The van der Waals surface area contributed by atoms with Crippen LogP contribution >= 0.6 is 0 Å². The van der Waals surface area contributed by atoms with E-state index in [0.29, 0.717) is 6.42 Å². The summed E-state index contributed by atoms with van der Waals surface area (Å²) in [6.07, 6.45) is 8.94. The van der Waals surface area contributed by atoms with E-state index in [1.165, 1.54) is 0 Å². The fraction of sp³-hybridized carbons (Fsp3) is 0.474. The first-order valence-electron chi connectivity index (χ1n) is 8.43. The van der Waals surface area contributed by atoms with Gasteiger partial charge < -0.3 is 10.0 Å². The lowest BCUT2D eigenvalue weighted by atomic mass is 9.96. The van der Waals surface area contributed by atoms with E-state index >= 15 is 0 Å². The first-order valence-corrected chi connectivity index (χ1v) is 8.43. The first-order chi connectivity index (χ1) is 11.2. The summed E-state index contributed by atoms with van der Waals surface area (Å²) in [5, 5.41) is 9.54. The highest BCUT2D eigenvalue weighted by molar-refractivity contribution is 5.86. The second-order valence-electron chi connectivity index (χ2n) is 6.43. The van der Waals surface area contributed by atoms with Gasteiger partial charge in [0, 0.05) is 5.92 Å². The number of amides is 1. The Labute approximate surface area is 136 Å². The molecule has 1 saturated heterocycles. The number of carboxylic acids is 1. The van der Waals surface area contributed by atoms with Gasteiger partial charge in [-0.05, 0) is 44.1 Å². The SMILES string of the molecule is O=C(O)C1CC[C@@H](c2ccccc2)N1C(=O)C1CCC=CCC1. The predicted octanol–water partition coefficient (Wildman–Crippen LogP) is 3.55. The van der Waals surface area contributed by atoms with Gasteiger partial charge in [0.25, 0.3) is 0 Å². The van der Waals surface area contributed by atoms with Crippen LogP contribution in [0.15, 0.2) is 42.5 Å². The van der Waals surface area contributed by atoms with E-state index in [2.05, 4.69) is 12.2 Å². The average Bonchev–Trinajstić information content (AvgIpc) is 2.83. The lowest BCUT2D eigenvalue weighted by molar-refractivity contribution is -0.151. The van der Waals surface area contributed by atoms with Crippen molar-refractivity contribution in [3.05, 3.63) is 48.0 Å². The van der Waals surface area contributed by atoms with E-state index < -0.39 is 12.0 Å². The number of rotatable bonds is 3.